The minimum absolute atomic E-state index is 0.0568. The molecule has 0 aliphatic rings. The van der Waals surface area contributed by atoms with Crippen LogP contribution in [0.25, 0.3) is 0 Å². The number of aromatic nitrogens is 3. The number of hydrogen-bond donors (Lipinski definition) is 1. The summed E-state index contributed by atoms with van der Waals surface area (Å²) in [6, 6.07) is 0. The highest BCUT2D eigenvalue weighted by Gasteiger charge is 2.24. The van der Waals surface area contributed by atoms with Crippen molar-refractivity contribution in [1.82, 2.24) is 20.1 Å². The molecular formula is C15H28N4O. The summed E-state index contributed by atoms with van der Waals surface area (Å²) in [5.74, 6) is 0.993. The van der Waals surface area contributed by atoms with Crippen LogP contribution in [0.15, 0.2) is 0 Å². The monoisotopic (exact) mass is 280 g/mol. The molecule has 0 bridgehead atoms. The van der Waals surface area contributed by atoms with Gasteiger partial charge in [0, 0.05) is 18.5 Å². The van der Waals surface area contributed by atoms with Crippen LogP contribution < -0.4 is 0 Å². The first-order chi connectivity index (χ1) is 9.40. The van der Waals surface area contributed by atoms with E-state index in [-0.39, 0.29) is 11.3 Å². The second-order valence-corrected chi connectivity index (χ2v) is 6.26. The molecule has 0 atom stereocenters. The van der Waals surface area contributed by atoms with Gasteiger partial charge in [0.1, 0.15) is 5.82 Å². The van der Waals surface area contributed by atoms with Gasteiger partial charge in [-0.1, -0.05) is 47.5 Å². The standard InChI is InChI=1S/C15H28N4O/c1-6-8-10-19(11-9-7-2)13(20)12-16-14(18-17-12)15(3,4)5/h6-11H2,1-5H3,(H,16,17,18). The molecule has 0 aromatic carbocycles. The third-order valence-corrected chi connectivity index (χ3v) is 3.24. The second kappa shape index (κ2) is 7.41. The van der Waals surface area contributed by atoms with Crippen molar-refractivity contribution in [2.45, 2.75) is 65.7 Å². The van der Waals surface area contributed by atoms with E-state index < -0.39 is 0 Å². The fourth-order valence-corrected chi connectivity index (χ4v) is 1.85. The van der Waals surface area contributed by atoms with Gasteiger partial charge in [0.25, 0.3) is 5.91 Å². The fraction of sp³-hybridized carbons (Fsp3) is 0.800. The summed E-state index contributed by atoms with van der Waals surface area (Å²) in [6.45, 7) is 12.0. The van der Waals surface area contributed by atoms with Gasteiger partial charge in [-0.2, -0.15) is 0 Å². The molecule has 0 aliphatic carbocycles. The lowest BCUT2D eigenvalue weighted by molar-refractivity contribution is 0.0739. The SMILES string of the molecule is CCCCN(CCCC)C(=O)c1n[nH]c(C(C)(C)C)n1. The molecule has 1 rings (SSSR count). The Hall–Kier alpha value is -1.39. The van der Waals surface area contributed by atoms with Crippen molar-refractivity contribution in [1.29, 1.82) is 0 Å². The molecule has 0 saturated carbocycles. The van der Waals surface area contributed by atoms with Gasteiger partial charge in [0.05, 0.1) is 0 Å². The summed E-state index contributed by atoms with van der Waals surface area (Å²) < 4.78 is 0. The Morgan fingerprint density at radius 1 is 1.15 bits per heavy atom. The number of aromatic amines is 1. The van der Waals surface area contributed by atoms with Crippen LogP contribution in [-0.4, -0.2) is 39.1 Å². The van der Waals surface area contributed by atoms with Crippen molar-refractivity contribution >= 4 is 5.91 Å². The van der Waals surface area contributed by atoms with Crippen LogP contribution >= 0.6 is 0 Å². The third kappa shape index (κ3) is 4.62. The van der Waals surface area contributed by atoms with E-state index in [2.05, 4.69) is 29.0 Å². The molecule has 0 unspecified atom stereocenters. The van der Waals surface area contributed by atoms with Gasteiger partial charge in [-0.05, 0) is 12.8 Å². The van der Waals surface area contributed by atoms with Crippen LogP contribution in [0.3, 0.4) is 0 Å². The molecule has 5 heteroatoms. The summed E-state index contributed by atoms with van der Waals surface area (Å²) >= 11 is 0. The van der Waals surface area contributed by atoms with Crippen molar-refractivity contribution in [3.63, 3.8) is 0 Å². The Bertz CT molecular complexity index is 412. The van der Waals surface area contributed by atoms with E-state index in [4.69, 9.17) is 0 Å². The van der Waals surface area contributed by atoms with Crippen molar-refractivity contribution in [3.8, 4) is 0 Å². The van der Waals surface area contributed by atoms with Crippen LogP contribution in [-0.2, 0) is 5.41 Å². The van der Waals surface area contributed by atoms with E-state index in [1.165, 1.54) is 0 Å². The Morgan fingerprint density at radius 2 is 1.70 bits per heavy atom. The van der Waals surface area contributed by atoms with E-state index in [9.17, 15) is 4.79 Å². The number of amides is 1. The minimum Gasteiger partial charge on any atom is -0.336 e. The maximum Gasteiger partial charge on any atom is 0.293 e. The molecule has 1 amide bonds. The summed E-state index contributed by atoms with van der Waals surface area (Å²) in [6.07, 6.45) is 4.20. The van der Waals surface area contributed by atoms with Gasteiger partial charge in [0.15, 0.2) is 0 Å². The normalized spacial score (nSPS) is 11.7. The van der Waals surface area contributed by atoms with Gasteiger partial charge in [-0.15, -0.1) is 5.10 Å². The van der Waals surface area contributed by atoms with Crippen molar-refractivity contribution in [2.24, 2.45) is 0 Å². The van der Waals surface area contributed by atoms with Crippen LogP contribution in [0, 0.1) is 0 Å². The molecule has 0 fully saturated rings. The highest BCUT2D eigenvalue weighted by Crippen LogP contribution is 2.17. The number of nitrogens with zero attached hydrogens (tertiary/aromatic N) is 3. The lowest BCUT2D eigenvalue weighted by atomic mass is 9.96. The number of carbonyl (C=O) groups excluding carboxylic acids is 1. The maximum absolute atomic E-state index is 12.5. The van der Waals surface area contributed by atoms with E-state index in [0.717, 1.165) is 44.6 Å². The van der Waals surface area contributed by atoms with Crippen molar-refractivity contribution in [2.75, 3.05) is 13.1 Å². The average molecular weight is 280 g/mol. The summed E-state index contributed by atoms with van der Waals surface area (Å²) in [4.78, 5) is 18.7. The number of hydrogen-bond acceptors (Lipinski definition) is 3. The summed E-state index contributed by atoms with van der Waals surface area (Å²) in [7, 11) is 0. The zero-order valence-corrected chi connectivity index (χ0v) is 13.5. The number of unbranched alkanes of at least 4 members (excludes halogenated alkanes) is 2. The van der Waals surface area contributed by atoms with E-state index >= 15 is 0 Å². The molecule has 20 heavy (non-hydrogen) atoms. The van der Waals surface area contributed by atoms with Gasteiger partial charge >= 0.3 is 0 Å². The van der Waals surface area contributed by atoms with Crippen LogP contribution in [0.5, 0.6) is 0 Å². The highest BCUT2D eigenvalue weighted by atomic mass is 16.2. The van der Waals surface area contributed by atoms with E-state index in [0.29, 0.717) is 5.82 Å². The molecule has 1 heterocycles. The third-order valence-electron chi connectivity index (χ3n) is 3.24. The second-order valence-electron chi connectivity index (χ2n) is 6.26. The molecule has 1 N–H and O–H groups in total. The molecule has 5 nitrogen and oxygen atoms in total. The van der Waals surface area contributed by atoms with Crippen molar-refractivity contribution < 1.29 is 4.79 Å². The molecular weight excluding hydrogens is 252 g/mol. The Labute approximate surface area is 122 Å². The van der Waals surface area contributed by atoms with Crippen molar-refractivity contribution in [3.05, 3.63) is 11.6 Å². The Kier molecular flexibility index (Phi) is 6.17. The van der Waals surface area contributed by atoms with Crippen LogP contribution in [0.4, 0.5) is 0 Å². The van der Waals surface area contributed by atoms with E-state index in [1.807, 2.05) is 25.7 Å². The molecule has 0 saturated heterocycles. The fourth-order valence-electron chi connectivity index (χ4n) is 1.85. The predicted octanol–water partition coefficient (Wildman–Crippen LogP) is 3.14. The zero-order valence-electron chi connectivity index (χ0n) is 13.5. The zero-order chi connectivity index (χ0) is 15.2. The largest absolute Gasteiger partial charge is 0.336 e. The first-order valence-corrected chi connectivity index (χ1v) is 7.62. The van der Waals surface area contributed by atoms with Crippen LogP contribution in [0.1, 0.15) is 76.7 Å². The average Bonchev–Trinajstić information content (AvgIpc) is 2.87. The van der Waals surface area contributed by atoms with E-state index in [1.54, 1.807) is 0 Å². The summed E-state index contributed by atoms with van der Waals surface area (Å²) in [5, 5.41) is 6.98. The van der Waals surface area contributed by atoms with Gasteiger partial charge in [-0.3, -0.25) is 9.89 Å². The highest BCUT2D eigenvalue weighted by molar-refractivity contribution is 5.90. The number of nitrogens with one attached hydrogen (secondary N) is 1. The number of H-pyrrole nitrogens is 1. The molecule has 1 aromatic rings. The molecule has 0 spiro atoms. The maximum atomic E-state index is 12.5. The lowest BCUT2D eigenvalue weighted by Gasteiger charge is -2.20. The molecule has 1 aromatic heterocycles. The first-order valence-electron chi connectivity index (χ1n) is 7.62. The molecule has 0 aliphatic heterocycles. The topological polar surface area (TPSA) is 61.9 Å². The predicted molar refractivity (Wildman–Crippen MR) is 80.8 cm³/mol. The summed E-state index contributed by atoms with van der Waals surface area (Å²) in [5.41, 5.74) is -0.122. The quantitative estimate of drug-likeness (QED) is 0.834. The smallest absolute Gasteiger partial charge is 0.293 e. The van der Waals surface area contributed by atoms with Gasteiger partial charge in [-0.25, -0.2) is 4.98 Å². The Morgan fingerprint density at radius 3 is 2.10 bits per heavy atom. The number of rotatable bonds is 7. The van der Waals surface area contributed by atoms with Crippen LogP contribution in [0.2, 0.25) is 0 Å². The molecule has 0 radical (unpaired) electrons. The minimum atomic E-state index is -0.122. The van der Waals surface area contributed by atoms with Gasteiger partial charge in [0.2, 0.25) is 5.82 Å². The Balaban J connectivity index is 2.79. The molecule has 114 valence electrons. The lowest BCUT2D eigenvalue weighted by Crippen LogP contribution is -2.33. The number of carbonyl (C=O) groups is 1. The van der Waals surface area contributed by atoms with Gasteiger partial charge < -0.3 is 4.90 Å². The first kappa shape index (κ1) is 16.7.